The summed E-state index contributed by atoms with van der Waals surface area (Å²) in [4.78, 5) is 73.2. The number of aromatic amines is 1. The molecule has 14 heteroatoms. The van der Waals surface area contributed by atoms with Gasteiger partial charge in [0.2, 0.25) is 0 Å². The van der Waals surface area contributed by atoms with E-state index in [9.17, 15) is 29.3 Å². The fourth-order valence-corrected chi connectivity index (χ4v) is 6.05. The molecule has 1 aliphatic rings. The number of carbonyl (C=O) groups is 4. The Hall–Kier alpha value is -7.19. The fourth-order valence-electron chi connectivity index (χ4n) is 6.05. The molecule has 1 saturated heterocycles. The number of nitrogens with zero attached hydrogens (tertiary/aromatic N) is 2. The molecule has 0 bridgehead atoms. The van der Waals surface area contributed by atoms with Gasteiger partial charge < -0.3 is 28.7 Å². The molecular weight excluding hydrogens is 710 g/mol. The molecule has 276 valence electrons. The van der Waals surface area contributed by atoms with Gasteiger partial charge in [0.15, 0.2) is 24.4 Å². The third-order valence-electron chi connectivity index (χ3n) is 8.74. The van der Waals surface area contributed by atoms with Gasteiger partial charge in [-0.1, -0.05) is 72.8 Å². The van der Waals surface area contributed by atoms with Crippen molar-refractivity contribution in [1.29, 1.82) is 0 Å². The van der Waals surface area contributed by atoms with Gasteiger partial charge in [0.25, 0.3) is 5.69 Å². The van der Waals surface area contributed by atoms with Crippen LogP contribution in [0.1, 0.15) is 53.4 Å². The number of non-ortho nitro benzene ring substituents is 1. The first-order valence-electron chi connectivity index (χ1n) is 17.0. The molecule has 55 heavy (non-hydrogen) atoms. The normalized spacial score (nSPS) is 19.2. The third kappa shape index (κ3) is 8.24. The highest BCUT2D eigenvalue weighted by Crippen LogP contribution is 2.38. The monoisotopic (exact) mass is 741 g/mol. The van der Waals surface area contributed by atoms with E-state index < -0.39 is 65.9 Å². The predicted octanol–water partition coefficient (Wildman–Crippen LogP) is 6.44. The fraction of sp³-hybridized carbons (Fsp3) is 0.146. The SMILES string of the molecule is O=C(OC[C@H]1O[C@@H](c2nc3ccc([N+](=O)[O-])cc3[nH]2)[C@H](OC(=O)c2ccccc2)[C@@H](OC(=O)c2ccccc2)[C@@H]1OC(=O)c1ccccc1)c1ccccc1. The molecule has 7 rings (SSSR count). The minimum absolute atomic E-state index is 0.0225. The van der Waals surface area contributed by atoms with Crippen LogP contribution in [-0.2, 0) is 23.7 Å². The summed E-state index contributed by atoms with van der Waals surface area (Å²) >= 11 is 0. The van der Waals surface area contributed by atoms with Gasteiger partial charge in [-0.2, -0.15) is 0 Å². The maximum Gasteiger partial charge on any atom is 0.338 e. The number of nitrogens with one attached hydrogen (secondary N) is 1. The van der Waals surface area contributed by atoms with Gasteiger partial charge >= 0.3 is 23.9 Å². The molecule has 0 amide bonds. The van der Waals surface area contributed by atoms with Crippen LogP contribution >= 0.6 is 0 Å². The highest BCUT2D eigenvalue weighted by Gasteiger charge is 2.54. The molecule has 1 N–H and O–H groups in total. The number of fused-ring (bicyclic) bond motifs is 1. The van der Waals surface area contributed by atoms with Gasteiger partial charge in [-0.25, -0.2) is 24.2 Å². The lowest BCUT2D eigenvalue weighted by atomic mass is 9.93. The van der Waals surface area contributed by atoms with Crippen molar-refractivity contribution < 1.29 is 47.8 Å². The first kappa shape index (κ1) is 36.2. The second kappa shape index (κ2) is 16.2. The summed E-state index contributed by atoms with van der Waals surface area (Å²) in [5, 5.41) is 11.6. The Balaban J connectivity index is 1.35. The molecule has 0 saturated carbocycles. The molecule has 1 aromatic heterocycles. The van der Waals surface area contributed by atoms with E-state index in [1.54, 1.807) is 84.9 Å². The zero-order chi connectivity index (χ0) is 38.3. The van der Waals surface area contributed by atoms with Crippen molar-refractivity contribution in [2.45, 2.75) is 30.5 Å². The molecule has 0 radical (unpaired) electrons. The number of carbonyl (C=O) groups excluding carboxylic acids is 4. The number of nitro benzene ring substituents is 1. The van der Waals surface area contributed by atoms with E-state index in [1.807, 2.05) is 0 Å². The van der Waals surface area contributed by atoms with E-state index in [2.05, 4.69) is 9.97 Å². The standard InChI is InChI=1S/C41H31N3O11/c45-38(25-13-5-1-6-14-25)51-24-32-33(53-39(46)26-15-7-2-8-16-26)34(54-40(47)27-17-9-3-10-18-27)35(55-41(48)28-19-11-4-12-20-28)36(52-32)37-42-30-22-21-29(44(49)50)23-31(30)43-37/h1-23,32-36H,24H2,(H,42,43)/t32-,33-,34+,35-,36-/m1/s1. The van der Waals surface area contributed by atoms with Gasteiger partial charge in [-0.3, -0.25) is 10.1 Å². The van der Waals surface area contributed by atoms with E-state index in [0.29, 0.717) is 5.52 Å². The van der Waals surface area contributed by atoms with Crippen LogP contribution in [0.25, 0.3) is 11.0 Å². The second-order valence-electron chi connectivity index (χ2n) is 12.3. The molecule has 0 aliphatic carbocycles. The number of rotatable bonds is 11. The molecular formula is C41H31N3O11. The number of imidazole rings is 1. The van der Waals surface area contributed by atoms with Crippen molar-refractivity contribution in [3.8, 4) is 0 Å². The van der Waals surface area contributed by atoms with Gasteiger partial charge in [-0.15, -0.1) is 0 Å². The highest BCUT2D eigenvalue weighted by molar-refractivity contribution is 5.91. The zero-order valence-corrected chi connectivity index (χ0v) is 28.8. The lowest BCUT2D eigenvalue weighted by Gasteiger charge is -2.44. The predicted molar refractivity (Wildman–Crippen MR) is 194 cm³/mol. The molecule has 1 fully saturated rings. The first-order chi connectivity index (χ1) is 26.7. The highest BCUT2D eigenvalue weighted by atomic mass is 16.7. The lowest BCUT2D eigenvalue weighted by molar-refractivity contribution is -0.384. The van der Waals surface area contributed by atoms with Crippen molar-refractivity contribution >= 4 is 40.6 Å². The van der Waals surface area contributed by atoms with Crippen LogP contribution in [-0.4, -0.2) is 69.8 Å². The molecule has 1 aliphatic heterocycles. The maximum atomic E-state index is 13.8. The number of nitro groups is 1. The van der Waals surface area contributed by atoms with Gasteiger partial charge in [0.1, 0.15) is 18.5 Å². The molecule has 2 heterocycles. The summed E-state index contributed by atoms with van der Waals surface area (Å²) in [6, 6.07) is 36.1. The van der Waals surface area contributed by atoms with E-state index in [1.165, 1.54) is 54.6 Å². The van der Waals surface area contributed by atoms with Crippen LogP contribution in [0.2, 0.25) is 0 Å². The Kier molecular flexibility index (Phi) is 10.7. The largest absolute Gasteiger partial charge is 0.459 e. The first-order valence-corrected chi connectivity index (χ1v) is 17.0. The molecule has 0 spiro atoms. The van der Waals surface area contributed by atoms with Crippen LogP contribution in [0.15, 0.2) is 140 Å². The number of hydrogen-bond donors (Lipinski definition) is 1. The van der Waals surface area contributed by atoms with Crippen molar-refractivity contribution in [3.63, 3.8) is 0 Å². The van der Waals surface area contributed by atoms with Gasteiger partial charge in [0, 0.05) is 12.1 Å². The Morgan fingerprint density at radius 1 is 0.618 bits per heavy atom. The number of ether oxygens (including phenoxy) is 5. The van der Waals surface area contributed by atoms with E-state index in [-0.39, 0.29) is 39.3 Å². The van der Waals surface area contributed by atoms with Crippen LogP contribution < -0.4 is 0 Å². The summed E-state index contributed by atoms with van der Waals surface area (Å²) in [6.45, 7) is -0.526. The number of benzene rings is 5. The van der Waals surface area contributed by atoms with E-state index in [0.717, 1.165) is 0 Å². The summed E-state index contributed by atoms with van der Waals surface area (Å²) in [5.41, 5.74) is 1.000. The van der Waals surface area contributed by atoms with Crippen LogP contribution in [0.3, 0.4) is 0 Å². The van der Waals surface area contributed by atoms with E-state index in [4.69, 9.17) is 23.7 Å². The Morgan fingerprint density at radius 2 is 1.07 bits per heavy atom. The minimum Gasteiger partial charge on any atom is -0.459 e. The van der Waals surface area contributed by atoms with Crippen molar-refractivity contribution in [2.75, 3.05) is 6.61 Å². The molecule has 5 atom stereocenters. The summed E-state index contributed by atoms with van der Waals surface area (Å²) in [5.74, 6) is -3.23. The van der Waals surface area contributed by atoms with Crippen molar-refractivity contribution in [2.24, 2.45) is 0 Å². The maximum absolute atomic E-state index is 13.8. The Labute approximate surface area is 312 Å². The van der Waals surface area contributed by atoms with Gasteiger partial charge in [-0.05, 0) is 54.6 Å². The molecule has 5 aromatic carbocycles. The topological polar surface area (TPSA) is 186 Å². The van der Waals surface area contributed by atoms with Crippen molar-refractivity contribution in [1.82, 2.24) is 9.97 Å². The summed E-state index contributed by atoms with van der Waals surface area (Å²) in [7, 11) is 0. The van der Waals surface area contributed by atoms with Crippen molar-refractivity contribution in [3.05, 3.63) is 178 Å². The molecule has 0 unspecified atom stereocenters. The Morgan fingerprint density at radius 3 is 1.56 bits per heavy atom. The molecule has 14 nitrogen and oxygen atoms in total. The van der Waals surface area contributed by atoms with Crippen LogP contribution in [0, 0.1) is 10.1 Å². The zero-order valence-electron chi connectivity index (χ0n) is 28.8. The third-order valence-corrected chi connectivity index (χ3v) is 8.74. The number of esters is 4. The van der Waals surface area contributed by atoms with E-state index >= 15 is 0 Å². The van der Waals surface area contributed by atoms with Gasteiger partial charge in [0.05, 0.1) is 38.2 Å². The lowest BCUT2D eigenvalue weighted by Crippen LogP contribution is -2.60. The van der Waals surface area contributed by atoms with Crippen LogP contribution in [0.5, 0.6) is 0 Å². The summed E-state index contributed by atoms with van der Waals surface area (Å²) in [6.07, 6.45) is -7.47. The second-order valence-corrected chi connectivity index (χ2v) is 12.3. The number of hydrogen-bond acceptors (Lipinski definition) is 12. The van der Waals surface area contributed by atoms with Crippen LogP contribution in [0.4, 0.5) is 5.69 Å². The quantitative estimate of drug-likeness (QED) is 0.0664. The molecule has 6 aromatic rings. The number of aromatic nitrogens is 2. The average molecular weight is 742 g/mol. The average Bonchev–Trinajstić information content (AvgIpc) is 3.66. The summed E-state index contributed by atoms with van der Waals surface area (Å²) < 4.78 is 30.5. The minimum atomic E-state index is -1.60. The number of H-pyrrole nitrogens is 1. The smallest absolute Gasteiger partial charge is 0.338 e. The Bertz CT molecular complexity index is 2320.